The molecular weight excluding hydrogens is 422 g/mol. The number of benzene rings is 1. The number of ether oxygens (including phenoxy) is 2. The third kappa shape index (κ3) is 3.65. The number of likely N-dealkylation sites (tertiary alicyclic amines) is 1. The summed E-state index contributed by atoms with van der Waals surface area (Å²) in [5.74, 6) is 1.20. The predicted octanol–water partition coefficient (Wildman–Crippen LogP) is 2.24. The van der Waals surface area contributed by atoms with E-state index in [1.807, 2.05) is 35.9 Å². The van der Waals surface area contributed by atoms with Gasteiger partial charge in [-0.1, -0.05) is 18.2 Å². The molecule has 6 rings (SSSR count). The second kappa shape index (κ2) is 8.20. The summed E-state index contributed by atoms with van der Waals surface area (Å²) < 4.78 is 13.5. The second-order valence-electron chi connectivity index (χ2n) is 8.73. The zero-order chi connectivity index (χ0) is 22.4. The van der Waals surface area contributed by atoms with E-state index in [-0.39, 0.29) is 23.7 Å². The largest absolute Gasteiger partial charge is 0.470 e. The van der Waals surface area contributed by atoms with Crippen LogP contribution in [0.15, 0.2) is 41.5 Å². The number of nitrogens with one attached hydrogen (secondary N) is 1. The normalized spacial score (nSPS) is 19.1. The monoisotopic (exact) mass is 447 g/mol. The molecule has 4 aromatic rings. The van der Waals surface area contributed by atoms with E-state index >= 15 is 0 Å². The Kier molecular flexibility index (Phi) is 5.03. The summed E-state index contributed by atoms with van der Waals surface area (Å²) in [6.07, 6.45) is 5.11. The van der Waals surface area contributed by atoms with Crippen molar-refractivity contribution >= 4 is 21.8 Å². The number of H-pyrrole nitrogens is 1. The lowest BCUT2D eigenvalue weighted by atomic mass is 10.1. The molecule has 2 saturated heterocycles. The number of hydrogen-bond acceptors (Lipinski definition) is 8. The average molecular weight is 447 g/mol. The fraction of sp³-hybridized carbons (Fsp3) is 0.435. The van der Waals surface area contributed by atoms with Crippen LogP contribution in [0.3, 0.4) is 0 Å². The maximum Gasteiger partial charge on any atom is 0.262 e. The molecule has 1 atom stereocenters. The molecule has 1 N–H and O–H groups in total. The minimum Gasteiger partial charge on any atom is -0.470 e. The fourth-order valence-electron chi connectivity index (χ4n) is 4.63. The van der Waals surface area contributed by atoms with Crippen LogP contribution in [0, 0.1) is 0 Å². The summed E-state index contributed by atoms with van der Waals surface area (Å²) in [5.41, 5.74) is 0.492. The Morgan fingerprint density at radius 3 is 2.82 bits per heavy atom. The van der Waals surface area contributed by atoms with Gasteiger partial charge in [-0.2, -0.15) is 10.2 Å². The van der Waals surface area contributed by atoms with Crippen LogP contribution < -0.4 is 10.3 Å². The number of hydrogen-bond donors (Lipinski definition) is 1. The van der Waals surface area contributed by atoms with Gasteiger partial charge in [-0.05, 0) is 25.8 Å². The molecule has 5 heterocycles. The highest BCUT2D eigenvalue weighted by Crippen LogP contribution is 2.29. The van der Waals surface area contributed by atoms with E-state index in [2.05, 4.69) is 25.2 Å². The van der Waals surface area contributed by atoms with Crippen LogP contribution in [0.1, 0.15) is 37.7 Å². The lowest BCUT2D eigenvalue weighted by Gasteiger charge is -2.41. The van der Waals surface area contributed by atoms with E-state index in [1.54, 1.807) is 12.4 Å². The van der Waals surface area contributed by atoms with Gasteiger partial charge >= 0.3 is 0 Å². The van der Waals surface area contributed by atoms with Crippen LogP contribution in [-0.2, 0) is 4.74 Å². The number of fused-ring (bicyclic) bond motifs is 2. The zero-order valence-electron chi connectivity index (χ0n) is 18.3. The number of rotatable bonds is 5. The molecule has 2 fully saturated rings. The average Bonchev–Trinajstić information content (AvgIpc) is 3.26. The Bertz CT molecular complexity index is 1350. The summed E-state index contributed by atoms with van der Waals surface area (Å²) in [5, 5.41) is 15.2. The van der Waals surface area contributed by atoms with Gasteiger partial charge in [0, 0.05) is 37.1 Å². The minimum absolute atomic E-state index is 0.00998. The molecule has 0 bridgehead atoms. The van der Waals surface area contributed by atoms with Crippen molar-refractivity contribution in [2.45, 2.75) is 38.0 Å². The number of aromatic amines is 1. The quantitative estimate of drug-likeness (QED) is 0.496. The van der Waals surface area contributed by atoms with Crippen LogP contribution >= 0.6 is 0 Å². The molecule has 10 heteroatoms. The molecule has 2 aliphatic heterocycles. The van der Waals surface area contributed by atoms with E-state index in [0.29, 0.717) is 49.0 Å². The summed E-state index contributed by atoms with van der Waals surface area (Å²) in [4.78, 5) is 22.7. The molecule has 10 nitrogen and oxygen atoms in total. The summed E-state index contributed by atoms with van der Waals surface area (Å²) in [6, 6.07) is 8.07. The second-order valence-corrected chi connectivity index (χ2v) is 8.73. The van der Waals surface area contributed by atoms with Gasteiger partial charge in [-0.3, -0.25) is 9.69 Å². The van der Waals surface area contributed by atoms with Crippen molar-refractivity contribution in [3.8, 4) is 5.88 Å². The van der Waals surface area contributed by atoms with E-state index < -0.39 is 0 Å². The first-order valence-corrected chi connectivity index (χ1v) is 11.3. The molecule has 2 aliphatic rings. The molecular formula is C23H25N7O3. The van der Waals surface area contributed by atoms with E-state index in [0.717, 1.165) is 23.6 Å². The number of aromatic nitrogens is 6. The van der Waals surface area contributed by atoms with E-state index in [9.17, 15) is 4.79 Å². The minimum atomic E-state index is -0.153. The predicted molar refractivity (Wildman–Crippen MR) is 121 cm³/mol. The van der Waals surface area contributed by atoms with Crippen LogP contribution in [0.2, 0.25) is 0 Å². The molecule has 0 saturated carbocycles. The van der Waals surface area contributed by atoms with Crippen LogP contribution in [0.4, 0.5) is 0 Å². The van der Waals surface area contributed by atoms with Crippen molar-refractivity contribution in [1.29, 1.82) is 0 Å². The molecule has 0 amide bonds. The lowest BCUT2D eigenvalue weighted by Crippen LogP contribution is -2.54. The van der Waals surface area contributed by atoms with Crippen molar-refractivity contribution in [3.05, 3.63) is 52.8 Å². The van der Waals surface area contributed by atoms with Gasteiger partial charge < -0.3 is 14.5 Å². The van der Waals surface area contributed by atoms with Crippen molar-refractivity contribution in [3.63, 3.8) is 0 Å². The first kappa shape index (κ1) is 20.3. The maximum atomic E-state index is 12.7. The Labute approximate surface area is 189 Å². The van der Waals surface area contributed by atoms with Crippen molar-refractivity contribution in [2.24, 2.45) is 0 Å². The standard InChI is InChI=1S/C23H25N7O3/c1-14(29-12-17(13-29)33-23-18-5-3-2-4-15(18)10-24-28-23)20-26-21-19(22(31)27-20)11-25-30(21)16-6-8-32-9-7-16/h2-5,10-11,14,16-17H,6-9,12-13H2,1H3,(H,26,27,31). The highest BCUT2D eigenvalue weighted by molar-refractivity contribution is 5.85. The van der Waals surface area contributed by atoms with E-state index in [1.165, 1.54) is 0 Å². The van der Waals surface area contributed by atoms with Crippen molar-refractivity contribution < 1.29 is 9.47 Å². The van der Waals surface area contributed by atoms with Gasteiger partial charge in [0.2, 0.25) is 5.88 Å². The van der Waals surface area contributed by atoms with Crippen LogP contribution in [-0.4, -0.2) is 67.3 Å². The summed E-state index contributed by atoms with van der Waals surface area (Å²) in [6.45, 7) is 4.89. The fourth-order valence-corrected chi connectivity index (χ4v) is 4.63. The Hall–Kier alpha value is -3.37. The topological polar surface area (TPSA) is 111 Å². The lowest BCUT2D eigenvalue weighted by molar-refractivity contribution is -0.00921. The van der Waals surface area contributed by atoms with Gasteiger partial charge in [0.05, 0.1) is 24.5 Å². The summed E-state index contributed by atoms with van der Waals surface area (Å²) >= 11 is 0. The van der Waals surface area contributed by atoms with Crippen molar-refractivity contribution in [2.75, 3.05) is 26.3 Å². The molecule has 170 valence electrons. The smallest absolute Gasteiger partial charge is 0.262 e. The van der Waals surface area contributed by atoms with Gasteiger partial charge in [-0.15, -0.1) is 5.10 Å². The summed E-state index contributed by atoms with van der Waals surface area (Å²) in [7, 11) is 0. The maximum absolute atomic E-state index is 12.7. The third-order valence-electron chi connectivity index (χ3n) is 6.65. The molecule has 33 heavy (non-hydrogen) atoms. The molecule has 0 radical (unpaired) electrons. The molecule has 0 aliphatic carbocycles. The highest BCUT2D eigenvalue weighted by atomic mass is 16.5. The molecule has 1 unspecified atom stereocenters. The van der Waals surface area contributed by atoms with Gasteiger partial charge in [0.25, 0.3) is 5.56 Å². The number of nitrogens with zero attached hydrogens (tertiary/aromatic N) is 6. The third-order valence-corrected chi connectivity index (χ3v) is 6.65. The van der Waals surface area contributed by atoms with Crippen LogP contribution in [0.5, 0.6) is 5.88 Å². The van der Waals surface area contributed by atoms with Crippen LogP contribution in [0.25, 0.3) is 21.8 Å². The first-order chi connectivity index (χ1) is 16.2. The SMILES string of the molecule is CC(c1nc2c(cnn2C2CCOCC2)c(=O)[nH]1)N1CC(Oc2nncc3ccccc23)C1. The van der Waals surface area contributed by atoms with Crippen molar-refractivity contribution in [1.82, 2.24) is 34.8 Å². The zero-order valence-corrected chi connectivity index (χ0v) is 18.3. The molecule has 1 aromatic carbocycles. The Balaban J connectivity index is 1.19. The van der Waals surface area contributed by atoms with Gasteiger partial charge in [-0.25, -0.2) is 9.67 Å². The molecule has 3 aromatic heterocycles. The van der Waals surface area contributed by atoms with E-state index in [4.69, 9.17) is 14.5 Å². The highest BCUT2D eigenvalue weighted by Gasteiger charge is 2.34. The Morgan fingerprint density at radius 1 is 1.15 bits per heavy atom. The first-order valence-electron chi connectivity index (χ1n) is 11.3. The molecule has 0 spiro atoms. The van der Waals surface area contributed by atoms with Gasteiger partial charge in [0.1, 0.15) is 17.3 Å². The van der Waals surface area contributed by atoms with Gasteiger partial charge in [0.15, 0.2) is 5.65 Å². The Morgan fingerprint density at radius 2 is 1.97 bits per heavy atom.